The van der Waals surface area contributed by atoms with Crippen LogP contribution in [-0.4, -0.2) is 28.6 Å². The number of hydrogen-bond donors (Lipinski definition) is 0. The molecule has 0 spiro atoms. The second kappa shape index (κ2) is 13.7. The SMILES string of the molecule is CCCCC(CCCC)CC[Si](OCC)(OCC)OCC. The largest absolute Gasteiger partial charge is 0.500 e. The van der Waals surface area contributed by atoms with Gasteiger partial charge in [-0.05, 0) is 33.1 Å². The molecule has 0 unspecified atom stereocenters. The van der Waals surface area contributed by atoms with Gasteiger partial charge in [-0.25, -0.2) is 0 Å². The van der Waals surface area contributed by atoms with E-state index in [1.54, 1.807) is 0 Å². The topological polar surface area (TPSA) is 27.7 Å². The van der Waals surface area contributed by atoms with E-state index in [4.69, 9.17) is 13.3 Å². The molecule has 0 heterocycles. The minimum atomic E-state index is -2.44. The Morgan fingerprint density at radius 1 is 0.667 bits per heavy atom. The van der Waals surface area contributed by atoms with Crippen LogP contribution in [0.5, 0.6) is 0 Å². The van der Waals surface area contributed by atoms with Crippen molar-refractivity contribution in [2.75, 3.05) is 19.8 Å². The van der Waals surface area contributed by atoms with E-state index in [0.29, 0.717) is 19.8 Å². The molecular formula is C17H38O3Si. The first-order valence-corrected chi connectivity index (χ1v) is 11.0. The first kappa shape index (κ1) is 21.1. The number of hydrogen-bond acceptors (Lipinski definition) is 3. The van der Waals surface area contributed by atoms with Crippen LogP contribution in [0.1, 0.15) is 79.6 Å². The van der Waals surface area contributed by atoms with Crippen LogP contribution in [0, 0.1) is 5.92 Å². The van der Waals surface area contributed by atoms with Crippen molar-refractivity contribution in [3.05, 3.63) is 0 Å². The molecular weight excluding hydrogens is 280 g/mol. The lowest BCUT2D eigenvalue weighted by Gasteiger charge is -2.30. The summed E-state index contributed by atoms with van der Waals surface area (Å²) < 4.78 is 17.9. The van der Waals surface area contributed by atoms with Gasteiger partial charge in [0.2, 0.25) is 0 Å². The van der Waals surface area contributed by atoms with Gasteiger partial charge in [-0.15, -0.1) is 0 Å². The van der Waals surface area contributed by atoms with E-state index in [1.165, 1.54) is 44.9 Å². The van der Waals surface area contributed by atoms with E-state index < -0.39 is 8.80 Å². The van der Waals surface area contributed by atoms with Crippen LogP contribution in [0.25, 0.3) is 0 Å². The van der Waals surface area contributed by atoms with Crippen molar-refractivity contribution in [2.24, 2.45) is 5.92 Å². The molecule has 3 nitrogen and oxygen atoms in total. The molecule has 21 heavy (non-hydrogen) atoms. The fourth-order valence-corrected chi connectivity index (χ4v) is 5.57. The van der Waals surface area contributed by atoms with Crippen molar-refractivity contribution in [1.29, 1.82) is 0 Å². The van der Waals surface area contributed by atoms with Crippen molar-refractivity contribution in [1.82, 2.24) is 0 Å². The van der Waals surface area contributed by atoms with Gasteiger partial charge in [-0.1, -0.05) is 52.4 Å². The average Bonchev–Trinajstić information content (AvgIpc) is 2.47. The Hall–Kier alpha value is 0.0969. The van der Waals surface area contributed by atoms with E-state index in [2.05, 4.69) is 13.8 Å². The lowest BCUT2D eigenvalue weighted by Crippen LogP contribution is -2.46. The summed E-state index contributed by atoms with van der Waals surface area (Å²) in [6.45, 7) is 12.7. The molecule has 0 aromatic heterocycles. The van der Waals surface area contributed by atoms with Crippen LogP contribution in [-0.2, 0) is 13.3 Å². The Bertz CT molecular complexity index is 199. The third kappa shape index (κ3) is 9.66. The number of unbranched alkanes of at least 4 members (excludes halogenated alkanes) is 2. The molecule has 0 N–H and O–H groups in total. The van der Waals surface area contributed by atoms with E-state index >= 15 is 0 Å². The van der Waals surface area contributed by atoms with Gasteiger partial charge >= 0.3 is 8.80 Å². The van der Waals surface area contributed by atoms with Crippen LogP contribution >= 0.6 is 0 Å². The molecule has 4 heteroatoms. The maximum Gasteiger partial charge on any atom is 0.500 e. The minimum Gasteiger partial charge on any atom is -0.374 e. The van der Waals surface area contributed by atoms with Gasteiger partial charge in [0, 0.05) is 25.9 Å². The zero-order chi connectivity index (χ0) is 16.0. The molecule has 0 atom stereocenters. The molecule has 0 aliphatic heterocycles. The quantitative estimate of drug-likeness (QED) is 0.377. The molecule has 0 aliphatic carbocycles. The van der Waals surface area contributed by atoms with Gasteiger partial charge in [0.15, 0.2) is 0 Å². The normalized spacial score (nSPS) is 12.3. The predicted molar refractivity (Wildman–Crippen MR) is 92.6 cm³/mol. The third-order valence-electron chi connectivity index (χ3n) is 3.88. The highest BCUT2D eigenvalue weighted by molar-refractivity contribution is 6.60. The second-order valence-corrected chi connectivity index (χ2v) is 8.40. The zero-order valence-corrected chi connectivity index (χ0v) is 16.1. The predicted octanol–water partition coefficient (Wildman–Crippen LogP) is 5.42. The second-order valence-electron chi connectivity index (χ2n) is 5.67. The first-order chi connectivity index (χ1) is 10.2. The molecule has 0 aromatic rings. The van der Waals surface area contributed by atoms with Crippen molar-refractivity contribution < 1.29 is 13.3 Å². The standard InChI is InChI=1S/C17H38O3Si/c1-6-11-13-17(14-12-7-2)15-16-21(18-8-3,19-9-4)20-10-5/h17H,6-16H2,1-5H3. The summed E-state index contributed by atoms with van der Waals surface area (Å²) in [6, 6.07) is 0.973. The summed E-state index contributed by atoms with van der Waals surface area (Å²) in [5, 5.41) is 0. The van der Waals surface area contributed by atoms with Crippen molar-refractivity contribution in [3.8, 4) is 0 Å². The van der Waals surface area contributed by atoms with E-state index in [1.807, 2.05) is 20.8 Å². The van der Waals surface area contributed by atoms with Crippen molar-refractivity contribution in [3.63, 3.8) is 0 Å². The van der Waals surface area contributed by atoms with Gasteiger partial charge in [0.1, 0.15) is 0 Å². The van der Waals surface area contributed by atoms with Crippen molar-refractivity contribution >= 4 is 8.80 Å². The summed E-state index contributed by atoms with van der Waals surface area (Å²) in [5.41, 5.74) is 0. The van der Waals surface area contributed by atoms with Crippen LogP contribution < -0.4 is 0 Å². The Labute approximate surface area is 134 Å². The summed E-state index contributed by atoms with van der Waals surface area (Å²) in [4.78, 5) is 0. The van der Waals surface area contributed by atoms with Crippen LogP contribution in [0.15, 0.2) is 0 Å². The van der Waals surface area contributed by atoms with Gasteiger partial charge < -0.3 is 13.3 Å². The molecule has 0 bridgehead atoms. The lowest BCUT2D eigenvalue weighted by atomic mass is 9.94. The maximum absolute atomic E-state index is 5.96. The fraction of sp³-hybridized carbons (Fsp3) is 1.00. The van der Waals surface area contributed by atoms with Gasteiger partial charge in [0.25, 0.3) is 0 Å². The van der Waals surface area contributed by atoms with Crippen LogP contribution in [0.3, 0.4) is 0 Å². The highest BCUT2D eigenvalue weighted by Gasteiger charge is 2.40. The molecule has 128 valence electrons. The van der Waals surface area contributed by atoms with Gasteiger partial charge in [-0.2, -0.15) is 0 Å². The Morgan fingerprint density at radius 3 is 1.43 bits per heavy atom. The molecule has 0 saturated heterocycles. The van der Waals surface area contributed by atoms with Crippen LogP contribution in [0.4, 0.5) is 0 Å². The molecule has 0 rings (SSSR count). The van der Waals surface area contributed by atoms with E-state index in [0.717, 1.165) is 12.0 Å². The third-order valence-corrected chi connectivity index (χ3v) is 6.97. The summed E-state index contributed by atoms with van der Waals surface area (Å²) in [5.74, 6) is 0.804. The molecule has 0 saturated carbocycles. The molecule has 0 aromatic carbocycles. The highest BCUT2D eigenvalue weighted by atomic mass is 28.4. The van der Waals surface area contributed by atoms with Crippen molar-refractivity contribution in [2.45, 2.75) is 85.6 Å². The minimum absolute atomic E-state index is 0.681. The summed E-state index contributed by atoms with van der Waals surface area (Å²) >= 11 is 0. The summed E-state index contributed by atoms with van der Waals surface area (Å²) in [7, 11) is -2.44. The molecule has 0 fully saturated rings. The highest BCUT2D eigenvalue weighted by Crippen LogP contribution is 2.27. The fourth-order valence-electron chi connectivity index (χ4n) is 2.80. The molecule has 0 radical (unpaired) electrons. The smallest absolute Gasteiger partial charge is 0.374 e. The molecule has 0 amide bonds. The number of rotatable bonds is 15. The summed E-state index contributed by atoms with van der Waals surface area (Å²) in [6.07, 6.45) is 9.10. The Morgan fingerprint density at radius 2 is 1.10 bits per heavy atom. The Kier molecular flexibility index (Phi) is 13.8. The Balaban J connectivity index is 4.54. The van der Waals surface area contributed by atoms with Gasteiger partial charge in [-0.3, -0.25) is 0 Å². The molecule has 0 aliphatic rings. The van der Waals surface area contributed by atoms with Crippen LogP contribution in [0.2, 0.25) is 6.04 Å². The van der Waals surface area contributed by atoms with E-state index in [-0.39, 0.29) is 0 Å². The monoisotopic (exact) mass is 318 g/mol. The van der Waals surface area contributed by atoms with Gasteiger partial charge in [0.05, 0.1) is 0 Å². The maximum atomic E-state index is 5.96. The lowest BCUT2D eigenvalue weighted by molar-refractivity contribution is 0.0692. The zero-order valence-electron chi connectivity index (χ0n) is 15.1. The first-order valence-electron chi connectivity index (χ1n) is 9.09. The average molecular weight is 319 g/mol. The van der Waals surface area contributed by atoms with E-state index in [9.17, 15) is 0 Å².